The zero-order chi connectivity index (χ0) is 9.54. The quantitative estimate of drug-likeness (QED) is 0.561. The van der Waals surface area contributed by atoms with Crippen LogP contribution in [0.25, 0.3) is 6.20 Å². The molecule has 2 aliphatic heterocycles. The molecule has 0 bridgehead atoms. The number of hydrogen-bond donors (Lipinski definition) is 0. The second kappa shape index (κ2) is 2.67. The van der Waals surface area contributed by atoms with E-state index < -0.39 is 0 Å². The van der Waals surface area contributed by atoms with Crippen LogP contribution in [0.5, 0.6) is 0 Å². The highest BCUT2D eigenvalue weighted by atomic mass is 16.2. The Hall–Kier alpha value is -1.64. The summed E-state index contributed by atoms with van der Waals surface area (Å²) < 4.78 is 0. The number of fused-ring (bicyclic) bond motifs is 2. The molecule has 1 unspecified atom stereocenters. The highest BCUT2D eigenvalue weighted by molar-refractivity contribution is 5.82. The van der Waals surface area contributed by atoms with Crippen molar-refractivity contribution in [2.75, 3.05) is 0 Å². The van der Waals surface area contributed by atoms with Crippen LogP contribution >= 0.6 is 0 Å². The normalized spacial score (nSPS) is 23.6. The minimum Gasteiger partial charge on any atom is -0.296 e. The summed E-state index contributed by atoms with van der Waals surface area (Å²) in [5, 5.41) is 2.04. The third-order valence-electron chi connectivity index (χ3n) is 2.73. The summed E-state index contributed by atoms with van der Waals surface area (Å²) in [6.07, 6.45) is 3.45. The standard InChI is InChI=1S/C11H10N2O/c14-11-6-5-10-12-9-4-2-1-3-8(9)7-13(10)11/h1-4,7,10H,5-6H2. The Labute approximate surface area is 81.4 Å². The average molecular weight is 186 g/mol. The van der Waals surface area contributed by atoms with Crippen LogP contribution in [-0.4, -0.2) is 17.0 Å². The van der Waals surface area contributed by atoms with E-state index in [9.17, 15) is 4.79 Å². The molecular formula is C11H10N2O. The second-order valence-corrected chi connectivity index (χ2v) is 3.64. The molecule has 0 saturated carbocycles. The first kappa shape index (κ1) is 7.74. The van der Waals surface area contributed by atoms with Crippen LogP contribution in [0.2, 0.25) is 0 Å². The molecule has 14 heavy (non-hydrogen) atoms. The van der Waals surface area contributed by atoms with Crippen molar-refractivity contribution < 1.29 is 4.79 Å². The van der Waals surface area contributed by atoms with Gasteiger partial charge in [-0.3, -0.25) is 14.7 Å². The van der Waals surface area contributed by atoms with Crippen LogP contribution in [0.3, 0.4) is 0 Å². The zero-order valence-electron chi connectivity index (χ0n) is 7.68. The summed E-state index contributed by atoms with van der Waals surface area (Å²) in [5.41, 5.74) is 0. The van der Waals surface area contributed by atoms with Gasteiger partial charge in [-0.05, 0) is 12.5 Å². The van der Waals surface area contributed by atoms with Gasteiger partial charge in [0.1, 0.15) is 6.17 Å². The van der Waals surface area contributed by atoms with Gasteiger partial charge in [0, 0.05) is 17.8 Å². The molecule has 0 spiro atoms. The molecule has 2 aliphatic rings. The first-order valence-corrected chi connectivity index (χ1v) is 4.80. The molecule has 1 aromatic carbocycles. The lowest BCUT2D eigenvalue weighted by atomic mass is 10.2. The first-order chi connectivity index (χ1) is 6.84. The van der Waals surface area contributed by atoms with Crippen molar-refractivity contribution >= 4 is 12.1 Å². The molecule has 3 rings (SSSR count). The number of carbonyl (C=O) groups is 1. The molecule has 70 valence electrons. The van der Waals surface area contributed by atoms with Crippen LogP contribution in [-0.2, 0) is 4.79 Å². The summed E-state index contributed by atoms with van der Waals surface area (Å²) in [4.78, 5) is 17.7. The Bertz CT molecular complexity index is 506. The Kier molecular flexibility index (Phi) is 1.48. The Morgan fingerprint density at radius 2 is 2.21 bits per heavy atom. The summed E-state index contributed by atoms with van der Waals surface area (Å²) in [5.74, 6) is 0.188. The molecule has 3 nitrogen and oxygen atoms in total. The van der Waals surface area contributed by atoms with Gasteiger partial charge in [0.05, 0.1) is 5.36 Å². The van der Waals surface area contributed by atoms with Crippen molar-refractivity contribution in [3.8, 4) is 0 Å². The maximum Gasteiger partial charge on any atom is 0.228 e. The fraction of sp³-hybridized carbons (Fsp3) is 0.273. The highest BCUT2D eigenvalue weighted by Gasteiger charge is 2.30. The van der Waals surface area contributed by atoms with Gasteiger partial charge in [0.25, 0.3) is 0 Å². The minimum atomic E-state index is 0.0531. The predicted octanol–water partition coefficient (Wildman–Crippen LogP) is 0.00630. The molecule has 1 fully saturated rings. The van der Waals surface area contributed by atoms with E-state index in [0.717, 1.165) is 17.0 Å². The van der Waals surface area contributed by atoms with Crippen molar-refractivity contribution in [2.24, 2.45) is 4.99 Å². The van der Waals surface area contributed by atoms with Crippen LogP contribution in [0.4, 0.5) is 0 Å². The second-order valence-electron chi connectivity index (χ2n) is 3.64. The molecule has 3 heteroatoms. The van der Waals surface area contributed by atoms with Gasteiger partial charge >= 0.3 is 0 Å². The number of amides is 1. The molecule has 0 aliphatic carbocycles. The molecule has 2 heterocycles. The maximum atomic E-state index is 11.5. The van der Waals surface area contributed by atoms with Gasteiger partial charge in [0.15, 0.2) is 0 Å². The van der Waals surface area contributed by atoms with Gasteiger partial charge in [-0.1, -0.05) is 18.2 Å². The number of benzene rings is 1. The molecule has 1 aromatic rings. The lowest BCUT2D eigenvalue weighted by molar-refractivity contribution is -0.125. The summed E-state index contributed by atoms with van der Waals surface area (Å²) in [7, 11) is 0. The predicted molar refractivity (Wildman–Crippen MR) is 51.6 cm³/mol. The minimum absolute atomic E-state index is 0.0531. The molecule has 0 aromatic heterocycles. The van der Waals surface area contributed by atoms with Gasteiger partial charge < -0.3 is 0 Å². The summed E-state index contributed by atoms with van der Waals surface area (Å²) in [6, 6.07) is 7.92. The van der Waals surface area contributed by atoms with E-state index in [1.165, 1.54) is 0 Å². The number of hydrogen-bond acceptors (Lipinski definition) is 2. The zero-order valence-corrected chi connectivity index (χ0v) is 7.68. The largest absolute Gasteiger partial charge is 0.296 e. The number of nitrogens with zero attached hydrogens (tertiary/aromatic N) is 2. The third kappa shape index (κ3) is 0.985. The van der Waals surface area contributed by atoms with E-state index in [2.05, 4.69) is 4.99 Å². The van der Waals surface area contributed by atoms with E-state index in [-0.39, 0.29) is 12.1 Å². The SMILES string of the molecule is O=C1CCC2N=c3ccccc3=CN12. The van der Waals surface area contributed by atoms with Crippen LogP contribution in [0.15, 0.2) is 29.3 Å². The van der Waals surface area contributed by atoms with Crippen LogP contribution < -0.4 is 10.6 Å². The van der Waals surface area contributed by atoms with Crippen LogP contribution in [0, 0.1) is 0 Å². The smallest absolute Gasteiger partial charge is 0.228 e. The van der Waals surface area contributed by atoms with E-state index in [0.29, 0.717) is 6.42 Å². The fourth-order valence-corrected chi connectivity index (χ4v) is 2.00. The fourth-order valence-electron chi connectivity index (χ4n) is 2.00. The van der Waals surface area contributed by atoms with Crippen molar-refractivity contribution in [2.45, 2.75) is 19.0 Å². The van der Waals surface area contributed by atoms with Gasteiger partial charge in [-0.2, -0.15) is 0 Å². The Morgan fingerprint density at radius 3 is 3.14 bits per heavy atom. The summed E-state index contributed by atoms with van der Waals surface area (Å²) >= 11 is 0. The maximum absolute atomic E-state index is 11.5. The first-order valence-electron chi connectivity index (χ1n) is 4.80. The van der Waals surface area contributed by atoms with Gasteiger partial charge in [-0.25, -0.2) is 0 Å². The monoisotopic (exact) mass is 186 g/mol. The third-order valence-corrected chi connectivity index (χ3v) is 2.73. The van der Waals surface area contributed by atoms with E-state index in [4.69, 9.17) is 0 Å². The average Bonchev–Trinajstić information content (AvgIpc) is 2.57. The lowest BCUT2D eigenvalue weighted by Crippen LogP contribution is -2.40. The van der Waals surface area contributed by atoms with Crippen molar-refractivity contribution in [3.05, 3.63) is 34.8 Å². The van der Waals surface area contributed by atoms with Gasteiger partial charge in [-0.15, -0.1) is 0 Å². The lowest BCUT2D eigenvalue weighted by Gasteiger charge is -2.19. The van der Waals surface area contributed by atoms with E-state index in [1.807, 2.05) is 30.5 Å². The highest BCUT2D eigenvalue weighted by Crippen LogP contribution is 2.20. The van der Waals surface area contributed by atoms with Crippen LogP contribution in [0.1, 0.15) is 12.8 Å². The van der Waals surface area contributed by atoms with E-state index in [1.54, 1.807) is 4.90 Å². The number of rotatable bonds is 0. The topological polar surface area (TPSA) is 32.7 Å². The molecule has 0 N–H and O–H groups in total. The van der Waals surface area contributed by atoms with E-state index >= 15 is 0 Å². The Balaban J connectivity index is 2.25. The van der Waals surface area contributed by atoms with Crippen molar-refractivity contribution in [1.82, 2.24) is 4.90 Å². The number of para-hydroxylation sites is 1. The molecule has 1 atom stereocenters. The molecule has 0 radical (unpaired) electrons. The van der Waals surface area contributed by atoms with Crippen molar-refractivity contribution in [1.29, 1.82) is 0 Å². The summed E-state index contributed by atoms with van der Waals surface area (Å²) in [6.45, 7) is 0. The molecular weight excluding hydrogens is 176 g/mol. The Morgan fingerprint density at radius 1 is 1.36 bits per heavy atom. The van der Waals surface area contributed by atoms with Gasteiger partial charge in [0.2, 0.25) is 5.91 Å². The molecule has 1 saturated heterocycles. The van der Waals surface area contributed by atoms with Crippen molar-refractivity contribution in [3.63, 3.8) is 0 Å². The molecule has 1 amide bonds. The number of carbonyl (C=O) groups excluding carboxylic acids is 1.